The number of amides is 2. The fraction of sp³-hybridized carbons (Fsp3) is 0.0370. The molecule has 1 aliphatic heterocycles. The minimum Gasteiger partial charge on any atom is -0.497 e. The van der Waals surface area contributed by atoms with Crippen LogP contribution in [0, 0.1) is 11.6 Å². The number of carbonyl (C=O) groups excluding carboxylic acids is 2. The molecule has 5 rings (SSSR count). The second-order valence-corrected chi connectivity index (χ2v) is 7.67. The van der Waals surface area contributed by atoms with Crippen LogP contribution in [-0.2, 0) is 9.59 Å². The van der Waals surface area contributed by atoms with Gasteiger partial charge in [0.25, 0.3) is 11.8 Å². The highest BCUT2D eigenvalue weighted by Crippen LogP contribution is 2.36. The van der Waals surface area contributed by atoms with E-state index < -0.39 is 23.4 Å². The van der Waals surface area contributed by atoms with Gasteiger partial charge in [0, 0.05) is 17.1 Å². The Kier molecular flexibility index (Phi) is 5.30. The van der Waals surface area contributed by atoms with Crippen molar-refractivity contribution in [2.24, 2.45) is 0 Å². The smallest absolute Gasteiger partial charge is 0.282 e. The predicted octanol–water partition coefficient (Wildman–Crippen LogP) is 5.52. The number of halogens is 2. The summed E-state index contributed by atoms with van der Waals surface area (Å²) in [5.41, 5.74) is 0.810. The molecule has 0 saturated heterocycles. The Hall–Kier alpha value is -4.52. The highest BCUT2D eigenvalue weighted by atomic mass is 19.1. The van der Waals surface area contributed by atoms with Gasteiger partial charge >= 0.3 is 0 Å². The van der Waals surface area contributed by atoms with E-state index in [1.54, 1.807) is 30.3 Å². The summed E-state index contributed by atoms with van der Waals surface area (Å²) < 4.78 is 33.3. The molecule has 4 aromatic carbocycles. The molecule has 0 saturated carbocycles. The van der Waals surface area contributed by atoms with Crippen LogP contribution in [0.25, 0.3) is 16.3 Å². The molecule has 4 aromatic rings. The lowest BCUT2D eigenvalue weighted by Gasteiger charge is -2.16. The van der Waals surface area contributed by atoms with E-state index in [9.17, 15) is 18.4 Å². The highest BCUT2D eigenvalue weighted by Gasteiger charge is 2.41. The monoisotopic (exact) mass is 456 g/mol. The van der Waals surface area contributed by atoms with Crippen molar-refractivity contribution in [3.05, 3.63) is 108 Å². The minimum atomic E-state index is -1.01. The molecule has 1 heterocycles. The third kappa shape index (κ3) is 3.57. The second kappa shape index (κ2) is 8.44. The summed E-state index contributed by atoms with van der Waals surface area (Å²) in [4.78, 5) is 27.7. The van der Waals surface area contributed by atoms with Crippen LogP contribution < -0.4 is 15.0 Å². The number of ether oxygens (including phenoxy) is 1. The molecule has 168 valence electrons. The van der Waals surface area contributed by atoms with Crippen molar-refractivity contribution in [1.82, 2.24) is 0 Å². The van der Waals surface area contributed by atoms with Crippen LogP contribution in [0.15, 0.2) is 90.6 Å². The van der Waals surface area contributed by atoms with Crippen molar-refractivity contribution >= 4 is 39.5 Å². The molecule has 2 amide bonds. The Balaban J connectivity index is 1.66. The molecule has 0 aromatic heterocycles. The summed E-state index contributed by atoms with van der Waals surface area (Å²) in [6.45, 7) is 0. The molecule has 1 aliphatic rings. The van der Waals surface area contributed by atoms with E-state index in [0.717, 1.165) is 27.8 Å². The molecule has 1 N–H and O–H groups in total. The number of rotatable bonds is 5. The molecule has 0 fully saturated rings. The second-order valence-electron chi connectivity index (χ2n) is 7.67. The Morgan fingerprint density at radius 1 is 0.824 bits per heavy atom. The van der Waals surface area contributed by atoms with Crippen molar-refractivity contribution < 1.29 is 23.1 Å². The number of nitrogens with one attached hydrogen (secondary N) is 1. The van der Waals surface area contributed by atoms with Crippen molar-refractivity contribution in [2.45, 2.75) is 0 Å². The largest absolute Gasteiger partial charge is 0.497 e. The number of methoxy groups -OCH3 is 1. The van der Waals surface area contributed by atoms with Gasteiger partial charge in [-0.3, -0.25) is 9.59 Å². The Morgan fingerprint density at radius 3 is 2.29 bits per heavy atom. The molecular formula is C27H18F2N2O3. The SMILES string of the molecule is COc1ccc(C2=C(Nc3cccc4ccccc34)C(=O)N(c3ccc(F)cc3F)C2=O)cc1. The summed E-state index contributed by atoms with van der Waals surface area (Å²) in [7, 11) is 1.52. The Bertz CT molecular complexity index is 1470. The number of carbonyl (C=O) groups is 2. The van der Waals surface area contributed by atoms with E-state index in [1.807, 2.05) is 36.4 Å². The van der Waals surface area contributed by atoms with Crippen LogP contribution in [0.3, 0.4) is 0 Å². The van der Waals surface area contributed by atoms with E-state index in [0.29, 0.717) is 23.1 Å². The molecule has 0 unspecified atom stereocenters. The fourth-order valence-electron chi connectivity index (χ4n) is 4.02. The molecular weight excluding hydrogens is 438 g/mol. The first-order valence-corrected chi connectivity index (χ1v) is 10.5. The molecule has 7 heteroatoms. The summed E-state index contributed by atoms with van der Waals surface area (Å²) in [6.07, 6.45) is 0. The number of nitrogens with zero attached hydrogens (tertiary/aromatic N) is 1. The van der Waals surface area contributed by atoms with E-state index in [2.05, 4.69) is 5.32 Å². The van der Waals surface area contributed by atoms with Gasteiger partial charge in [0.15, 0.2) is 0 Å². The zero-order valence-corrected chi connectivity index (χ0v) is 18.0. The molecule has 0 radical (unpaired) electrons. The standard InChI is InChI=1S/C27H18F2N2O3/c1-34-19-12-9-17(10-13-19)24-25(30-22-8-4-6-16-5-2-3-7-20(16)22)27(33)31(26(24)32)23-14-11-18(28)15-21(23)29/h2-15,30H,1H3. The van der Waals surface area contributed by atoms with Crippen molar-refractivity contribution in [2.75, 3.05) is 17.3 Å². The summed E-state index contributed by atoms with van der Waals surface area (Å²) in [5, 5.41) is 4.90. The highest BCUT2D eigenvalue weighted by molar-refractivity contribution is 6.46. The normalized spacial score (nSPS) is 13.7. The molecule has 34 heavy (non-hydrogen) atoms. The first-order valence-electron chi connectivity index (χ1n) is 10.5. The van der Waals surface area contributed by atoms with Crippen LogP contribution in [-0.4, -0.2) is 18.9 Å². The van der Waals surface area contributed by atoms with Gasteiger partial charge in [-0.1, -0.05) is 48.5 Å². The van der Waals surface area contributed by atoms with Crippen LogP contribution in [0.2, 0.25) is 0 Å². The average Bonchev–Trinajstić information content (AvgIpc) is 3.09. The maximum Gasteiger partial charge on any atom is 0.282 e. The van der Waals surface area contributed by atoms with E-state index in [4.69, 9.17) is 4.74 Å². The Labute approximate surface area is 193 Å². The number of benzene rings is 4. The molecule has 0 aliphatic carbocycles. The van der Waals surface area contributed by atoms with Gasteiger partial charge in [-0.15, -0.1) is 0 Å². The maximum absolute atomic E-state index is 14.6. The van der Waals surface area contributed by atoms with Crippen LogP contribution in [0.5, 0.6) is 5.75 Å². The van der Waals surface area contributed by atoms with Crippen LogP contribution in [0.4, 0.5) is 20.2 Å². The van der Waals surface area contributed by atoms with Crippen molar-refractivity contribution in [3.63, 3.8) is 0 Å². The molecule has 0 atom stereocenters. The van der Waals surface area contributed by atoms with Gasteiger partial charge < -0.3 is 10.1 Å². The van der Waals surface area contributed by atoms with Gasteiger partial charge in [-0.05, 0) is 41.3 Å². The zero-order valence-electron chi connectivity index (χ0n) is 18.0. The third-order valence-electron chi connectivity index (χ3n) is 5.66. The quantitative estimate of drug-likeness (QED) is 0.402. The lowest BCUT2D eigenvalue weighted by Crippen LogP contribution is -2.33. The van der Waals surface area contributed by atoms with E-state index in [-0.39, 0.29) is 17.0 Å². The number of hydrogen-bond donors (Lipinski definition) is 1. The van der Waals surface area contributed by atoms with E-state index in [1.165, 1.54) is 7.11 Å². The Morgan fingerprint density at radius 2 is 1.56 bits per heavy atom. The zero-order chi connectivity index (χ0) is 23.8. The minimum absolute atomic E-state index is 0.00440. The number of fused-ring (bicyclic) bond motifs is 1. The third-order valence-corrected chi connectivity index (χ3v) is 5.66. The summed E-state index contributed by atoms with van der Waals surface area (Å²) in [6, 6.07) is 22.5. The van der Waals surface area contributed by atoms with Gasteiger partial charge in [0.2, 0.25) is 0 Å². The predicted molar refractivity (Wildman–Crippen MR) is 126 cm³/mol. The van der Waals surface area contributed by atoms with Gasteiger partial charge in [0.05, 0.1) is 18.4 Å². The van der Waals surface area contributed by atoms with E-state index >= 15 is 0 Å². The lowest BCUT2D eigenvalue weighted by molar-refractivity contribution is -0.120. The molecule has 5 nitrogen and oxygen atoms in total. The summed E-state index contributed by atoms with van der Waals surface area (Å²) in [5.74, 6) is -2.70. The maximum atomic E-state index is 14.6. The van der Waals surface area contributed by atoms with Crippen LogP contribution >= 0.6 is 0 Å². The topological polar surface area (TPSA) is 58.6 Å². The van der Waals surface area contributed by atoms with Gasteiger partial charge in [-0.25, -0.2) is 13.7 Å². The van der Waals surface area contributed by atoms with Crippen molar-refractivity contribution in [3.8, 4) is 5.75 Å². The number of imide groups is 1. The lowest BCUT2D eigenvalue weighted by atomic mass is 10.0. The average molecular weight is 456 g/mol. The van der Waals surface area contributed by atoms with Gasteiger partial charge in [0.1, 0.15) is 23.1 Å². The number of anilines is 2. The van der Waals surface area contributed by atoms with Gasteiger partial charge in [-0.2, -0.15) is 0 Å². The first kappa shape index (κ1) is 21.3. The molecule has 0 spiro atoms. The first-order chi connectivity index (χ1) is 16.5. The molecule has 0 bridgehead atoms. The fourth-order valence-corrected chi connectivity index (χ4v) is 4.02. The van der Waals surface area contributed by atoms with Crippen molar-refractivity contribution in [1.29, 1.82) is 0 Å². The van der Waals surface area contributed by atoms with Crippen LogP contribution in [0.1, 0.15) is 5.56 Å². The number of hydrogen-bond acceptors (Lipinski definition) is 4. The summed E-state index contributed by atoms with van der Waals surface area (Å²) >= 11 is 0.